The van der Waals surface area contributed by atoms with Gasteiger partial charge in [-0.15, -0.1) is 11.3 Å². The van der Waals surface area contributed by atoms with E-state index in [9.17, 15) is 4.79 Å². The van der Waals surface area contributed by atoms with Crippen LogP contribution >= 0.6 is 23.1 Å². The van der Waals surface area contributed by atoms with Crippen LogP contribution in [-0.4, -0.2) is 22.4 Å². The fraction of sp³-hybridized carbons (Fsp3) is 0.636. The van der Waals surface area contributed by atoms with Gasteiger partial charge >= 0.3 is 0 Å². The highest BCUT2D eigenvalue weighted by Gasteiger charge is 2.14. The summed E-state index contributed by atoms with van der Waals surface area (Å²) in [4.78, 5) is 15.9. The summed E-state index contributed by atoms with van der Waals surface area (Å²) in [7, 11) is 0. The van der Waals surface area contributed by atoms with Crippen molar-refractivity contribution in [3.05, 3.63) is 16.6 Å². The Balaban J connectivity index is 2.36. The van der Waals surface area contributed by atoms with Crippen LogP contribution in [0.15, 0.2) is 11.6 Å². The zero-order valence-corrected chi connectivity index (χ0v) is 11.4. The Kier molecular flexibility index (Phi) is 6.49. The lowest BCUT2D eigenvalue weighted by Gasteiger charge is -2.14. The standard InChI is InChI=1S/C11H18N2OS2/c1-3-9(11-12-6-8-16-11)13-10(14)5-7-15-4-2/h6,8-9H,3-5,7H2,1-2H3,(H,13,14)/t9-/m0/s1. The van der Waals surface area contributed by atoms with E-state index in [2.05, 4.69) is 24.1 Å². The third kappa shape index (κ3) is 4.53. The van der Waals surface area contributed by atoms with Gasteiger partial charge in [0.15, 0.2) is 0 Å². The van der Waals surface area contributed by atoms with E-state index >= 15 is 0 Å². The van der Waals surface area contributed by atoms with Crippen molar-refractivity contribution in [2.24, 2.45) is 0 Å². The summed E-state index contributed by atoms with van der Waals surface area (Å²) in [6.45, 7) is 4.17. The summed E-state index contributed by atoms with van der Waals surface area (Å²) in [6, 6.07) is 0.0825. The fourth-order valence-corrected chi connectivity index (χ4v) is 2.71. The van der Waals surface area contributed by atoms with E-state index < -0.39 is 0 Å². The van der Waals surface area contributed by atoms with Gasteiger partial charge in [0.05, 0.1) is 6.04 Å². The predicted octanol–water partition coefficient (Wildman–Crippen LogP) is 2.85. The lowest BCUT2D eigenvalue weighted by Crippen LogP contribution is -2.28. The Bertz CT molecular complexity index is 301. The van der Waals surface area contributed by atoms with Crippen LogP contribution in [0.1, 0.15) is 37.7 Å². The molecule has 90 valence electrons. The molecule has 5 heteroatoms. The second-order valence-electron chi connectivity index (χ2n) is 3.35. The second-order valence-corrected chi connectivity index (χ2v) is 5.67. The van der Waals surface area contributed by atoms with Crippen molar-refractivity contribution in [2.45, 2.75) is 32.7 Å². The van der Waals surface area contributed by atoms with Crippen LogP contribution in [0, 0.1) is 0 Å². The van der Waals surface area contributed by atoms with Crippen LogP contribution in [0.2, 0.25) is 0 Å². The minimum Gasteiger partial charge on any atom is -0.347 e. The van der Waals surface area contributed by atoms with E-state index in [1.165, 1.54) is 0 Å². The molecule has 0 aliphatic rings. The summed E-state index contributed by atoms with van der Waals surface area (Å²) in [5.74, 6) is 2.09. The zero-order valence-electron chi connectivity index (χ0n) is 9.73. The average Bonchev–Trinajstić information content (AvgIpc) is 2.79. The van der Waals surface area contributed by atoms with Crippen molar-refractivity contribution in [3.63, 3.8) is 0 Å². The first kappa shape index (κ1) is 13.5. The Morgan fingerprint density at radius 3 is 3.00 bits per heavy atom. The number of thiazole rings is 1. The minimum absolute atomic E-state index is 0.0825. The van der Waals surface area contributed by atoms with E-state index in [-0.39, 0.29) is 11.9 Å². The maximum atomic E-state index is 11.6. The number of nitrogens with zero attached hydrogens (tertiary/aromatic N) is 1. The molecule has 0 aliphatic carbocycles. The smallest absolute Gasteiger partial charge is 0.221 e. The highest BCUT2D eigenvalue weighted by Crippen LogP contribution is 2.18. The molecule has 0 saturated carbocycles. The number of thioether (sulfide) groups is 1. The lowest BCUT2D eigenvalue weighted by molar-refractivity contribution is -0.121. The molecule has 0 saturated heterocycles. The molecule has 1 aromatic rings. The van der Waals surface area contributed by atoms with Gasteiger partial charge in [0.1, 0.15) is 5.01 Å². The molecule has 3 nitrogen and oxygen atoms in total. The first-order valence-electron chi connectivity index (χ1n) is 5.54. The molecule has 0 radical (unpaired) electrons. The molecule has 16 heavy (non-hydrogen) atoms. The van der Waals surface area contributed by atoms with Gasteiger partial charge in [0.25, 0.3) is 0 Å². The third-order valence-corrected chi connectivity index (χ3v) is 3.96. The Morgan fingerprint density at radius 1 is 1.62 bits per heavy atom. The maximum Gasteiger partial charge on any atom is 0.221 e. The number of hydrogen-bond donors (Lipinski definition) is 1. The first-order chi connectivity index (χ1) is 7.77. The summed E-state index contributed by atoms with van der Waals surface area (Å²) >= 11 is 3.39. The third-order valence-electron chi connectivity index (χ3n) is 2.17. The van der Waals surface area contributed by atoms with Gasteiger partial charge in [-0.1, -0.05) is 13.8 Å². The summed E-state index contributed by atoms with van der Waals surface area (Å²) in [6.07, 6.45) is 3.27. The molecule has 1 N–H and O–H groups in total. The van der Waals surface area contributed by atoms with Crippen LogP contribution in [0.25, 0.3) is 0 Å². The van der Waals surface area contributed by atoms with E-state index in [1.54, 1.807) is 29.3 Å². The van der Waals surface area contributed by atoms with E-state index in [0.717, 1.165) is 22.9 Å². The minimum atomic E-state index is 0.0825. The van der Waals surface area contributed by atoms with Gasteiger partial charge in [-0.3, -0.25) is 4.79 Å². The Hall–Kier alpha value is -0.550. The SMILES string of the molecule is CCSCCC(=O)N[C@@H](CC)c1nccs1. The van der Waals surface area contributed by atoms with E-state index in [0.29, 0.717) is 6.42 Å². The van der Waals surface area contributed by atoms with Crippen LogP contribution in [-0.2, 0) is 4.79 Å². The summed E-state index contributed by atoms with van der Waals surface area (Å²) in [5, 5.41) is 5.96. The molecule has 0 fully saturated rings. The van der Waals surface area contributed by atoms with Gasteiger partial charge in [-0.2, -0.15) is 11.8 Å². The van der Waals surface area contributed by atoms with Crippen LogP contribution in [0.3, 0.4) is 0 Å². The molecule has 0 unspecified atom stereocenters. The molecule has 0 spiro atoms. The molecule has 0 aliphatic heterocycles. The molecular formula is C11H18N2OS2. The molecule has 1 rings (SSSR count). The number of rotatable bonds is 7. The maximum absolute atomic E-state index is 11.6. The monoisotopic (exact) mass is 258 g/mol. The van der Waals surface area contributed by atoms with Crippen molar-refractivity contribution in [2.75, 3.05) is 11.5 Å². The molecule has 1 heterocycles. The largest absolute Gasteiger partial charge is 0.347 e. The van der Waals surface area contributed by atoms with Crippen LogP contribution < -0.4 is 5.32 Å². The summed E-state index contributed by atoms with van der Waals surface area (Å²) in [5.41, 5.74) is 0. The van der Waals surface area contributed by atoms with Crippen molar-refractivity contribution in [3.8, 4) is 0 Å². The van der Waals surface area contributed by atoms with Gasteiger partial charge in [-0.25, -0.2) is 4.98 Å². The molecular weight excluding hydrogens is 240 g/mol. The highest BCUT2D eigenvalue weighted by atomic mass is 32.2. The normalized spacial score (nSPS) is 12.4. The van der Waals surface area contributed by atoms with Gasteiger partial charge in [0.2, 0.25) is 5.91 Å². The Labute approximate surface area is 105 Å². The first-order valence-corrected chi connectivity index (χ1v) is 7.57. The molecule has 1 atom stereocenters. The van der Waals surface area contributed by atoms with E-state index in [1.807, 2.05) is 5.38 Å². The van der Waals surface area contributed by atoms with Crippen molar-refractivity contribution in [1.29, 1.82) is 0 Å². The zero-order chi connectivity index (χ0) is 11.8. The topological polar surface area (TPSA) is 42.0 Å². The number of carbonyl (C=O) groups excluding carboxylic acids is 1. The molecule has 0 aromatic carbocycles. The Morgan fingerprint density at radius 2 is 2.44 bits per heavy atom. The van der Waals surface area contributed by atoms with Crippen molar-refractivity contribution >= 4 is 29.0 Å². The highest BCUT2D eigenvalue weighted by molar-refractivity contribution is 7.99. The fourth-order valence-electron chi connectivity index (χ4n) is 1.32. The number of carbonyl (C=O) groups is 1. The van der Waals surface area contributed by atoms with Gasteiger partial charge in [0, 0.05) is 23.8 Å². The van der Waals surface area contributed by atoms with E-state index in [4.69, 9.17) is 0 Å². The average molecular weight is 258 g/mol. The summed E-state index contributed by atoms with van der Waals surface area (Å²) < 4.78 is 0. The van der Waals surface area contributed by atoms with Crippen LogP contribution in [0.4, 0.5) is 0 Å². The van der Waals surface area contributed by atoms with Crippen molar-refractivity contribution < 1.29 is 4.79 Å². The molecule has 1 aromatic heterocycles. The predicted molar refractivity (Wildman–Crippen MR) is 70.9 cm³/mol. The molecule has 0 bridgehead atoms. The molecule has 1 amide bonds. The van der Waals surface area contributed by atoms with Crippen LogP contribution in [0.5, 0.6) is 0 Å². The number of hydrogen-bond acceptors (Lipinski definition) is 4. The number of nitrogens with one attached hydrogen (secondary N) is 1. The number of amides is 1. The second kappa shape index (κ2) is 7.68. The lowest BCUT2D eigenvalue weighted by atomic mass is 10.2. The van der Waals surface area contributed by atoms with Crippen molar-refractivity contribution in [1.82, 2.24) is 10.3 Å². The van der Waals surface area contributed by atoms with Gasteiger partial charge in [-0.05, 0) is 12.2 Å². The van der Waals surface area contributed by atoms with Gasteiger partial charge < -0.3 is 5.32 Å². The quantitative estimate of drug-likeness (QED) is 0.765. The number of aromatic nitrogens is 1.